The van der Waals surface area contributed by atoms with Gasteiger partial charge >= 0.3 is 0 Å². The Labute approximate surface area is 138 Å². The number of carbonyl (C=O) groups is 2. The van der Waals surface area contributed by atoms with Crippen LogP contribution in [-0.2, 0) is 11.2 Å². The summed E-state index contributed by atoms with van der Waals surface area (Å²) in [7, 11) is 0. The maximum Gasteiger partial charge on any atom is 0.270 e. The lowest BCUT2D eigenvalue weighted by Crippen LogP contribution is -2.52. The van der Waals surface area contributed by atoms with Gasteiger partial charge < -0.3 is 14.8 Å². The summed E-state index contributed by atoms with van der Waals surface area (Å²) in [5.41, 5.74) is 1.36. The number of nitrogens with zero attached hydrogens (tertiary/aromatic N) is 2. The molecule has 2 saturated heterocycles. The van der Waals surface area contributed by atoms with Gasteiger partial charge in [0.05, 0.1) is 5.41 Å². The molecular formula is C18H27N3O2. The second-order valence-corrected chi connectivity index (χ2v) is 7.20. The third kappa shape index (κ3) is 2.77. The number of amides is 2. The zero-order chi connectivity index (χ0) is 16.6. The summed E-state index contributed by atoms with van der Waals surface area (Å²) in [6, 6.07) is 4.06. The third-order valence-electron chi connectivity index (χ3n) is 5.39. The number of H-pyrrole nitrogens is 1. The summed E-state index contributed by atoms with van der Waals surface area (Å²) in [5.74, 6) is 0.269. The fourth-order valence-electron chi connectivity index (χ4n) is 3.96. The van der Waals surface area contributed by atoms with Gasteiger partial charge in [-0.25, -0.2) is 0 Å². The van der Waals surface area contributed by atoms with Crippen molar-refractivity contribution < 1.29 is 9.59 Å². The van der Waals surface area contributed by atoms with Crippen LogP contribution in [0.3, 0.4) is 0 Å². The van der Waals surface area contributed by atoms with Crippen LogP contribution in [0.5, 0.6) is 0 Å². The maximum absolute atomic E-state index is 12.9. The molecule has 1 spiro atoms. The van der Waals surface area contributed by atoms with E-state index in [1.807, 2.05) is 21.9 Å². The Kier molecular flexibility index (Phi) is 4.21. The molecule has 0 saturated carbocycles. The number of likely N-dealkylation sites (tertiary alicyclic amines) is 2. The van der Waals surface area contributed by atoms with Gasteiger partial charge in [-0.2, -0.15) is 0 Å². The zero-order valence-corrected chi connectivity index (χ0v) is 14.4. The van der Waals surface area contributed by atoms with Crippen molar-refractivity contribution in [3.63, 3.8) is 0 Å². The molecule has 0 radical (unpaired) electrons. The highest BCUT2D eigenvalue weighted by Crippen LogP contribution is 2.41. The van der Waals surface area contributed by atoms with Gasteiger partial charge in [0.1, 0.15) is 5.69 Å². The van der Waals surface area contributed by atoms with Crippen LogP contribution in [0.4, 0.5) is 0 Å². The molecule has 1 atom stereocenters. The molecule has 3 rings (SSSR count). The van der Waals surface area contributed by atoms with Gasteiger partial charge in [0, 0.05) is 31.4 Å². The summed E-state index contributed by atoms with van der Waals surface area (Å²) in [5, 5.41) is 0. The van der Waals surface area contributed by atoms with Crippen molar-refractivity contribution in [2.24, 2.45) is 5.41 Å². The molecule has 5 nitrogen and oxygen atoms in total. The standard InChI is InChI=1S/C18H27N3O2/c1-4-14-6-7-15(19-14)16(22)20-11-9-18(12-20)8-5-10-21(13(2)3)17(18)23/h6-7,13,19H,4-5,8-12H2,1-3H3/t18-/m0/s1. The van der Waals surface area contributed by atoms with Crippen LogP contribution in [0, 0.1) is 5.41 Å². The molecule has 23 heavy (non-hydrogen) atoms. The number of hydrogen-bond donors (Lipinski definition) is 1. The summed E-state index contributed by atoms with van der Waals surface area (Å²) >= 11 is 0. The van der Waals surface area contributed by atoms with E-state index in [1.54, 1.807) is 0 Å². The molecule has 2 amide bonds. The molecular weight excluding hydrogens is 290 g/mol. The summed E-state index contributed by atoms with van der Waals surface area (Å²) in [4.78, 5) is 32.6. The van der Waals surface area contributed by atoms with Gasteiger partial charge in [-0.05, 0) is 51.7 Å². The second-order valence-electron chi connectivity index (χ2n) is 7.20. The van der Waals surface area contributed by atoms with Crippen molar-refractivity contribution in [2.45, 2.75) is 52.5 Å². The zero-order valence-electron chi connectivity index (χ0n) is 14.4. The smallest absolute Gasteiger partial charge is 0.270 e. The number of aromatic nitrogens is 1. The quantitative estimate of drug-likeness (QED) is 0.931. The van der Waals surface area contributed by atoms with E-state index in [9.17, 15) is 9.59 Å². The van der Waals surface area contributed by atoms with Gasteiger partial charge in [0.15, 0.2) is 0 Å². The molecule has 1 N–H and O–H groups in total. The first kappa shape index (κ1) is 16.1. The maximum atomic E-state index is 12.9. The average Bonchev–Trinajstić information content (AvgIpc) is 3.17. The van der Waals surface area contributed by atoms with Gasteiger partial charge in [-0.15, -0.1) is 0 Å². The minimum Gasteiger partial charge on any atom is -0.354 e. The number of aromatic amines is 1. The molecule has 0 bridgehead atoms. The Bertz CT molecular complexity index is 607. The molecule has 0 aromatic carbocycles. The number of rotatable bonds is 3. The van der Waals surface area contributed by atoms with Crippen LogP contribution < -0.4 is 0 Å². The van der Waals surface area contributed by atoms with E-state index in [4.69, 9.17) is 0 Å². The Balaban J connectivity index is 1.74. The Morgan fingerprint density at radius 3 is 2.74 bits per heavy atom. The lowest BCUT2D eigenvalue weighted by Gasteiger charge is -2.41. The number of piperidine rings is 1. The molecule has 3 heterocycles. The van der Waals surface area contributed by atoms with Crippen molar-refractivity contribution in [2.75, 3.05) is 19.6 Å². The summed E-state index contributed by atoms with van der Waals surface area (Å²) in [6.45, 7) is 8.29. The summed E-state index contributed by atoms with van der Waals surface area (Å²) < 4.78 is 0. The second kappa shape index (κ2) is 6.02. The van der Waals surface area contributed by atoms with E-state index in [2.05, 4.69) is 25.8 Å². The van der Waals surface area contributed by atoms with Crippen LogP contribution in [0.2, 0.25) is 0 Å². The van der Waals surface area contributed by atoms with Crippen molar-refractivity contribution in [1.82, 2.24) is 14.8 Å². The van der Waals surface area contributed by atoms with E-state index in [1.165, 1.54) is 0 Å². The molecule has 2 aliphatic heterocycles. The first-order valence-electron chi connectivity index (χ1n) is 8.75. The van der Waals surface area contributed by atoms with Gasteiger partial charge in [-0.1, -0.05) is 6.92 Å². The van der Waals surface area contributed by atoms with Gasteiger partial charge in [-0.3, -0.25) is 9.59 Å². The number of nitrogens with one attached hydrogen (secondary N) is 1. The largest absolute Gasteiger partial charge is 0.354 e. The van der Waals surface area contributed by atoms with Crippen molar-refractivity contribution >= 4 is 11.8 Å². The molecule has 126 valence electrons. The van der Waals surface area contributed by atoms with Crippen LogP contribution in [0.15, 0.2) is 12.1 Å². The SMILES string of the molecule is CCc1ccc(C(=O)N2CC[C@@]3(CCCN(C(C)C)C3=O)C2)[nH]1. The molecule has 5 heteroatoms. The lowest BCUT2D eigenvalue weighted by atomic mass is 9.78. The monoisotopic (exact) mass is 317 g/mol. The first-order valence-corrected chi connectivity index (χ1v) is 8.75. The van der Waals surface area contributed by atoms with E-state index < -0.39 is 0 Å². The highest BCUT2D eigenvalue weighted by Gasteiger charge is 2.49. The number of aryl methyl sites for hydroxylation is 1. The van der Waals surface area contributed by atoms with E-state index >= 15 is 0 Å². The van der Waals surface area contributed by atoms with Crippen LogP contribution in [0.25, 0.3) is 0 Å². The van der Waals surface area contributed by atoms with Crippen LogP contribution >= 0.6 is 0 Å². The third-order valence-corrected chi connectivity index (χ3v) is 5.39. The van der Waals surface area contributed by atoms with Gasteiger partial charge in [0.25, 0.3) is 5.91 Å². The predicted molar refractivity (Wildman–Crippen MR) is 89.2 cm³/mol. The van der Waals surface area contributed by atoms with Crippen molar-refractivity contribution in [3.8, 4) is 0 Å². The van der Waals surface area contributed by atoms with Crippen molar-refractivity contribution in [1.29, 1.82) is 0 Å². The molecule has 0 unspecified atom stereocenters. The molecule has 2 fully saturated rings. The molecule has 0 aliphatic carbocycles. The molecule has 2 aliphatic rings. The van der Waals surface area contributed by atoms with E-state index in [0.29, 0.717) is 18.8 Å². The number of carbonyl (C=O) groups excluding carboxylic acids is 2. The highest BCUT2D eigenvalue weighted by atomic mass is 16.2. The lowest BCUT2D eigenvalue weighted by molar-refractivity contribution is -0.147. The topological polar surface area (TPSA) is 56.4 Å². The van der Waals surface area contributed by atoms with E-state index in [-0.39, 0.29) is 23.3 Å². The van der Waals surface area contributed by atoms with E-state index in [0.717, 1.165) is 37.9 Å². The average molecular weight is 317 g/mol. The molecule has 1 aromatic rings. The Morgan fingerprint density at radius 1 is 1.30 bits per heavy atom. The van der Waals surface area contributed by atoms with Crippen molar-refractivity contribution in [3.05, 3.63) is 23.5 Å². The normalized spacial score (nSPS) is 25.0. The van der Waals surface area contributed by atoms with Crippen LogP contribution in [0.1, 0.15) is 56.2 Å². The minimum atomic E-state index is -0.349. The van der Waals surface area contributed by atoms with Gasteiger partial charge in [0.2, 0.25) is 5.91 Å². The Morgan fingerprint density at radius 2 is 2.09 bits per heavy atom. The first-order chi connectivity index (χ1) is 11.0. The van der Waals surface area contributed by atoms with Crippen LogP contribution in [-0.4, -0.2) is 52.3 Å². The molecule has 1 aromatic heterocycles. The predicted octanol–water partition coefficient (Wildman–Crippen LogP) is 2.44. The number of hydrogen-bond acceptors (Lipinski definition) is 2. The fraction of sp³-hybridized carbons (Fsp3) is 0.667. The summed E-state index contributed by atoms with van der Waals surface area (Å²) in [6.07, 6.45) is 3.62. The highest BCUT2D eigenvalue weighted by molar-refractivity contribution is 5.94. The fourth-order valence-corrected chi connectivity index (χ4v) is 3.96. The minimum absolute atomic E-state index is 0.0241. The Hall–Kier alpha value is -1.78.